The molecule has 3 rings (SSSR count). The van der Waals surface area contributed by atoms with Gasteiger partial charge >= 0.3 is 0 Å². The lowest BCUT2D eigenvalue weighted by Gasteiger charge is -2.13. The smallest absolute Gasteiger partial charge is 0.277 e. The minimum atomic E-state index is -0.307. The fourth-order valence-electron chi connectivity index (χ4n) is 2.65. The standard InChI is InChI=1S/C20H20BrN3O2/c1-13(2)17-9-15(21)7-8-19(17)26-12-20(25)24-23-11-14-10-22-18-6-4-3-5-16(14)18/h3-11,13,22H,12H2,1-2H3,(H,24,25)/b23-11+. The molecule has 0 radical (unpaired) electrons. The Morgan fingerprint density at radius 2 is 2.12 bits per heavy atom. The number of halogens is 1. The fourth-order valence-corrected chi connectivity index (χ4v) is 3.03. The molecule has 26 heavy (non-hydrogen) atoms. The number of para-hydroxylation sites is 1. The van der Waals surface area contributed by atoms with Crippen LogP contribution < -0.4 is 10.2 Å². The van der Waals surface area contributed by atoms with Crippen LogP contribution in [-0.4, -0.2) is 23.7 Å². The number of rotatable bonds is 6. The van der Waals surface area contributed by atoms with Crippen molar-refractivity contribution < 1.29 is 9.53 Å². The van der Waals surface area contributed by atoms with Gasteiger partial charge < -0.3 is 9.72 Å². The van der Waals surface area contributed by atoms with E-state index >= 15 is 0 Å². The van der Waals surface area contributed by atoms with Crippen LogP contribution in [0, 0.1) is 0 Å². The average molecular weight is 414 g/mol. The van der Waals surface area contributed by atoms with E-state index in [0.717, 1.165) is 26.5 Å². The van der Waals surface area contributed by atoms with Gasteiger partial charge in [0.1, 0.15) is 5.75 Å². The van der Waals surface area contributed by atoms with E-state index in [1.165, 1.54) is 0 Å². The summed E-state index contributed by atoms with van der Waals surface area (Å²) in [6.07, 6.45) is 3.48. The van der Waals surface area contributed by atoms with E-state index in [-0.39, 0.29) is 12.5 Å². The van der Waals surface area contributed by atoms with Gasteiger partial charge in [0.2, 0.25) is 0 Å². The number of aromatic amines is 1. The minimum Gasteiger partial charge on any atom is -0.483 e. The number of nitrogens with zero attached hydrogens (tertiary/aromatic N) is 1. The first-order chi connectivity index (χ1) is 12.5. The van der Waals surface area contributed by atoms with E-state index in [9.17, 15) is 4.79 Å². The number of carbonyl (C=O) groups is 1. The molecule has 0 bridgehead atoms. The van der Waals surface area contributed by atoms with Crippen molar-refractivity contribution >= 4 is 39.0 Å². The number of aromatic nitrogens is 1. The molecule has 0 atom stereocenters. The van der Waals surface area contributed by atoms with Crippen molar-refractivity contribution in [3.63, 3.8) is 0 Å². The summed E-state index contributed by atoms with van der Waals surface area (Å²) in [6.45, 7) is 4.08. The summed E-state index contributed by atoms with van der Waals surface area (Å²) >= 11 is 3.46. The van der Waals surface area contributed by atoms with Gasteiger partial charge in [-0.15, -0.1) is 0 Å². The first-order valence-electron chi connectivity index (χ1n) is 8.35. The van der Waals surface area contributed by atoms with E-state index in [0.29, 0.717) is 11.7 Å². The molecular weight excluding hydrogens is 394 g/mol. The van der Waals surface area contributed by atoms with E-state index in [4.69, 9.17) is 4.74 Å². The van der Waals surface area contributed by atoms with Gasteiger partial charge in [-0.2, -0.15) is 5.10 Å². The molecule has 5 nitrogen and oxygen atoms in total. The highest BCUT2D eigenvalue weighted by molar-refractivity contribution is 9.10. The van der Waals surface area contributed by atoms with Crippen LogP contribution in [0.25, 0.3) is 10.9 Å². The molecule has 3 aromatic rings. The fraction of sp³-hybridized carbons (Fsp3) is 0.200. The quantitative estimate of drug-likeness (QED) is 0.458. The SMILES string of the molecule is CC(C)c1cc(Br)ccc1OCC(=O)N/N=C/c1c[nH]c2ccccc12. The Balaban J connectivity index is 1.58. The van der Waals surface area contributed by atoms with Crippen molar-refractivity contribution in [3.05, 3.63) is 64.3 Å². The summed E-state index contributed by atoms with van der Waals surface area (Å²) in [7, 11) is 0. The van der Waals surface area contributed by atoms with Crippen molar-refractivity contribution in [1.29, 1.82) is 0 Å². The topological polar surface area (TPSA) is 66.5 Å². The maximum absolute atomic E-state index is 12.0. The Hall–Kier alpha value is -2.60. The Kier molecular flexibility index (Phi) is 5.73. The molecule has 1 amide bonds. The summed E-state index contributed by atoms with van der Waals surface area (Å²) in [5.74, 6) is 0.697. The summed E-state index contributed by atoms with van der Waals surface area (Å²) < 4.78 is 6.65. The van der Waals surface area contributed by atoms with Crippen molar-refractivity contribution in [1.82, 2.24) is 10.4 Å². The van der Waals surface area contributed by atoms with Crippen molar-refractivity contribution in [2.45, 2.75) is 19.8 Å². The number of nitrogens with one attached hydrogen (secondary N) is 2. The average Bonchev–Trinajstić information content (AvgIpc) is 3.04. The number of H-pyrrole nitrogens is 1. The molecular formula is C20H20BrN3O2. The van der Waals surface area contributed by atoms with Crippen LogP contribution in [-0.2, 0) is 4.79 Å². The third-order valence-electron chi connectivity index (χ3n) is 3.97. The molecule has 2 N–H and O–H groups in total. The van der Waals surface area contributed by atoms with Crippen LogP contribution in [0.2, 0.25) is 0 Å². The van der Waals surface area contributed by atoms with Crippen LogP contribution >= 0.6 is 15.9 Å². The van der Waals surface area contributed by atoms with E-state index in [1.54, 1.807) is 6.21 Å². The first-order valence-corrected chi connectivity index (χ1v) is 9.14. The Labute approximate surface area is 160 Å². The van der Waals surface area contributed by atoms with Gasteiger partial charge in [0.05, 0.1) is 6.21 Å². The second kappa shape index (κ2) is 8.19. The predicted octanol–water partition coefficient (Wildman–Crippen LogP) is 4.58. The summed E-state index contributed by atoms with van der Waals surface area (Å²) in [4.78, 5) is 15.2. The van der Waals surface area contributed by atoms with Crippen LogP contribution in [0.4, 0.5) is 0 Å². The zero-order valence-corrected chi connectivity index (χ0v) is 16.2. The molecule has 0 fully saturated rings. The number of amides is 1. The first kappa shape index (κ1) is 18.2. The highest BCUT2D eigenvalue weighted by Crippen LogP contribution is 2.29. The number of hydrogen-bond acceptors (Lipinski definition) is 3. The van der Waals surface area contributed by atoms with Gasteiger partial charge in [-0.25, -0.2) is 5.43 Å². The lowest BCUT2D eigenvalue weighted by Crippen LogP contribution is -2.24. The number of benzene rings is 2. The third kappa shape index (κ3) is 4.32. The maximum Gasteiger partial charge on any atom is 0.277 e. The van der Waals surface area contributed by atoms with Gasteiger partial charge in [-0.3, -0.25) is 4.79 Å². The number of hydrazone groups is 1. The molecule has 6 heteroatoms. The van der Waals surface area contributed by atoms with Crippen LogP contribution in [0.15, 0.2) is 58.2 Å². The summed E-state index contributed by atoms with van der Waals surface area (Å²) in [5, 5.41) is 5.07. The van der Waals surface area contributed by atoms with E-state index in [1.807, 2.05) is 48.7 Å². The molecule has 1 aromatic heterocycles. The molecule has 0 spiro atoms. The highest BCUT2D eigenvalue weighted by Gasteiger charge is 2.10. The highest BCUT2D eigenvalue weighted by atomic mass is 79.9. The van der Waals surface area contributed by atoms with Crippen LogP contribution in [0.5, 0.6) is 5.75 Å². The maximum atomic E-state index is 12.0. The largest absolute Gasteiger partial charge is 0.483 e. The molecule has 0 unspecified atom stereocenters. The second-order valence-corrected chi connectivity index (χ2v) is 7.12. The van der Waals surface area contributed by atoms with Gasteiger partial charge in [-0.05, 0) is 35.7 Å². The molecule has 0 saturated carbocycles. The minimum absolute atomic E-state index is 0.0907. The second-order valence-electron chi connectivity index (χ2n) is 6.21. The Morgan fingerprint density at radius 3 is 2.92 bits per heavy atom. The van der Waals surface area contributed by atoms with Crippen LogP contribution in [0.1, 0.15) is 30.9 Å². The molecule has 134 valence electrons. The predicted molar refractivity (Wildman–Crippen MR) is 108 cm³/mol. The van der Waals surface area contributed by atoms with Crippen molar-refractivity contribution in [3.8, 4) is 5.75 Å². The monoisotopic (exact) mass is 413 g/mol. The van der Waals surface area contributed by atoms with E-state index in [2.05, 4.69) is 45.3 Å². The molecule has 0 saturated heterocycles. The van der Waals surface area contributed by atoms with E-state index < -0.39 is 0 Å². The van der Waals surface area contributed by atoms with Crippen molar-refractivity contribution in [2.24, 2.45) is 5.10 Å². The molecule has 0 aliphatic heterocycles. The lowest BCUT2D eigenvalue weighted by molar-refractivity contribution is -0.123. The molecule has 2 aromatic carbocycles. The normalized spacial score (nSPS) is 11.4. The van der Waals surface area contributed by atoms with Crippen molar-refractivity contribution in [2.75, 3.05) is 6.61 Å². The van der Waals surface area contributed by atoms with Crippen LogP contribution in [0.3, 0.4) is 0 Å². The Morgan fingerprint density at radius 1 is 1.31 bits per heavy atom. The van der Waals surface area contributed by atoms with Gasteiger partial charge in [0.15, 0.2) is 6.61 Å². The summed E-state index contributed by atoms with van der Waals surface area (Å²) in [6, 6.07) is 13.7. The molecule has 1 heterocycles. The number of fused-ring (bicyclic) bond motifs is 1. The number of carbonyl (C=O) groups excluding carboxylic acids is 1. The summed E-state index contributed by atoms with van der Waals surface area (Å²) in [5.41, 5.74) is 5.49. The lowest BCUT2D eigenvalue weighted by atomic mass is 10.0. The van der Waals surface area contributed by atoms with Gasteiger partial charge in [0, 0.05) is 27.1 Å². The zero-order valence-electron chi connectivity index (χ0n) is 14.6. The molecule has 0 aliphatic carbocycles. The third-order valence-corrected chi connectivity index (χ3v) is 4.46. The number of ether oxygens (including phenoxy) is 1. The Bertz CT molecular complexity index is 947. The number of hydrogen-bond donors (Lipinski definition) is 2. The van der Waals surface area contributed by atoms with Gasteiger partial charge in [0.25, 0.3) is 5.91 Å². The van der Waals surface area contributed by atoms with Gasteiger partial charge in [-0.1, -0.05) is 48.0 Å². The zero-order chi connectivity index (χ0) is 18.5. The molecule has 0 aliphatic rings.